The van der Waals surface area contributed by atoms with E-state index in [9.17, 15) is 9.18 Å². The minimum absolute atomic E-state index is 0.165. The Morgan fingerprint density at radius 2 is 2.16 bits per heavy atom. The van der Waals surface area contributed by atoms with Crippen LogP contribution >= 0.6 is 0 Å². The summed E-state index contributed by atoms with van der Waals surface area (Å²) in [5.74, 6) is -0.385. The van der Waals surface area contributed by atoms with E-state index in [2.05, 4.69) is 5.32 Å². The molecule has 0 amide bonds. The zero-order valence-corrected chi connectivity index (χ0v) is 11.6. The second kappa shape index (κ2) is 8.64. The summed E-state index contributed by atoms with van der Waals surface area (Å²) in [6.45, 7) is 4.82. The summed E-state index contributed by atoms with van der Waals surface area (Å²) in [5.41, 5.74) is 0.618. The van der Waals surface area contributed by atoms with Crippen LogP contribution in [-0.4, -0.2) is 18.6 Å². The van der Waals surface area contributed by atoms with Crippen molar-refractivity contribution >= 4 is 5.97 Å². The van der Waals surface area contributed by atoms with Crippen LogP contribution in [0.5, 0.6) is 0 Å². The van der Waals surface area contributed by atoms with E-state index in [4.69, 9.17) is 4.74 Å². The van der Waals surface area contributed by atoms with Gasteiger partial charge in [-0.3, -0.25) is 4.79 Å². The number of esters is 1. The van der Waals surface area contributed by atoms with Gasteiger partial charge in [-0.05, 0) is 19.4 Å². The zero-order chi connectivity index (χ0) is 14.1. The van der Waals surface area contributed by atoms with Crippen molar-refractivity contribution in [2.45, 2.75) is 45.8 Å². The lowest BCUT2D eigenvalue weighted by molar-refractivity contribution is -0.148. The number of carbonyl (C=O) groups is 1. The molecule has 0 spiro atoms. The van der Waals surface area contributed by atoms with Gasteiger partial charge in [-0.25, -0.2) is 4.39 Å². The summed E-state index contributed by atoms with van der Waals surface area (Å²) >= 11 is 0. The Balaban J connectivity index is 2.22. The molecule has 0 aliphatic heterocycles. The lowest BCUT2D eigenvalue weighted by Gasteiger charge is -2.14. The van der Waals surface area contributed by atoms with Gasteiger partial charge in [0.2, 0.25) is 0 Å². The van der Waals surface area contributed by atoms with Crippen LogP contribution in [0.4, 0.5) is 4.39 Å². The average molecular weight is 267 g/mol. The van der Waals surface area contributed by atoms with Gasteiger partial charge in [0, 0.05) is 25.1 Å². The molecule has 1 aromatic carbocycles. The quantitative estimate of drug-likeness (QED) is 0.736. The fraction of sp³-hybridized carbons (Fsp3) is 0.533. The Morgan fingerprint density at radius 3 is 2.84 bits per heavy atom. The largest absolute Gasteiger partial charge is 0.461 e. The molecule has 0 radical (unpaired) electrons. The third-order valence-corrected chi connectivity index (χ3v) is 2.77. The smallest absolute Gasteiger partial charge is 0.306 e. The Hall–Kier alpha value is -1.42. The Labute approximate surface area is 114 Å². The van der Waals surface area contributed by atoms with E-state index in [1.54, 1.807) is 18.2 Å². The first-order chi connectivity index (χ1) is 9.13. The van der Waals surface area contributed by atoms with Gasteiger partial charge in [0.25, 0.3) is 0 Å². The number of nitrogens with one attached hydrogen (secondary N) is 1. The summed E-state index contributed by atoms with van der Waals surface area (Å²) in [5, 5.41) is 3.09. The molecule has 0 saturated carbocycles. The second-order valence-corrected chi connectivity index (χ2v) is 4.63. The minimum Gasteiger partial charge on any atom is -0.461 e. The highest BCUT2D eigenvalue weighted by molar-refractivity contribution is 5.69. The molecule has 3 nitrogen and oxygen atoms in total. The lowest BCUT2D eigenvalue weighted by atomic mass is 10.2. The topological polar surface area (TPSA) is 38.3 Å². The molecule has 1 rings (SSSR count). The van der Waals surface area contributed by atoms with Crippen LogP contribution < -0.4 is 5.32 Å². The Kier molecular flexibility index (Phi) is 7.11. The molecule has 1 N–H and O–H groups in total. The van der Waals surface area contributed by atoms with Crippen LogP contribution in [0.15, 0.2) is 24.3 Å². The molecule has 0 bridgehead atoms. The minimum atomic E-state index is -0.220. The SMILES string of the molecule is CCCCC(=O)OC(C)CNCc1ccccc1F. The molecule has 1 atom stereocenters. The standard InChI is InChI=1S/C15H22FNO2/c1-3-4-9-15(18)19-12(2)10-17-11-13-7-5-6-8-14(13)16/h5-8,12,17H,3-4,9-11H2,1-2H3. The third kappa shape index (κ3) is 6.34. The van der Waals surface area contributed by atoms with Crippen molar-refractivity contribution < 1.29 is 13.9 Å². The predicted octanol–water partition coefficient (Wildman–Crippen LogP) is 3.04. The molecule has 19 heavy (non-hydrogen) atoms. The predicted molar refractivity (Wildman–Crippen MR) is 73.2 cm³/mol. The van der Waals surface area contributed by atoms with Crippen molar-refractivity contribution in [3.05, 3.63) is 35.6 Å². The number of hydrogen-bond donors (Lipinski definition) is 1. The number of hydrogen-bond acceptors (Lipinski definition) is 3. The van der Waals surface area contributed by atoms with E-state index < -0.39 is 0 Å². The highest BCUT2D eigenvalue weighted by Gasteiger charge is 2.09. The normalized spacial score (nSPS) is 12.2. The summed E-state index contributed by atoms with van der Waals surface area (Å²) < 4.78 is 18.6. The maximum absolute atomic E-state index is 13.3. The van der Waals surface area contributed by atoms with Gasteiger partial charge in [0.05, 0.1) is 0 Å². The maximum atomic E-state index is 13.3. The molecule has 106 valence electrons. The van der Waals surface area contributed by atoms with Crippen molar-refractivity contribution in [1.29, 1.82) is 0 Å². The fourth-order valence-corrected chi connectivity index (χ4v) is 1.70. The van der Waals surface area contributed by atoms with Crippen LogP contribution in [0, 0.1) is 5.82 Å². The first-order valence-corrected chi connectivity index (χ1v) is 6.77. The van der Waals surface area contributed by atoms with Gasteiger partial charge in [-0.15, -0.1) is 0 Å². The van der Waals surface area contributed by atoms with Gasteiger partial charge in [0.1, 0.15) is 11.9 Å². The van der Waals surface area contributed by atoms with Crippen LogP contribution in [0.25, 0.3) is 0 Å². The van der Waals surface area contributed by atoms with E-state index in [0.29, 0.717) is 25.1 Å². The van der Waals surface area contributed by atoms with Gasteiger partial charge in [-0.2, -0.15) is 0 Å². The van der Waals surface area contributed by atoms with Crippen molar-refractivity contribution in [2.75, 3.05) is 6.54 Å². The number of halogens is 1. The van der Waals surface area contributed by atoms with Crippen LogP contribution in [-0.2, 0) is 16.1 Å². The van der Waals surface area contributed by atoms with Gasteiger partial charge < -0.3 is 10.1 Å². The van der Waals surface area contributed by atoms with Crippen molar-refractivity contribution in [2.24, 2.45) is 0 Å². The van der Waals surface area contributed by atoms with E-state index in [0.717, 1.165) is 12.8 Å². The van der Waals surface area contributed by atoms with E-state index in [-0.39, 0.29) is 17.9 Å². The lowest BCUT2D eigenvalue weighted by Crippen LogP contribution is -2.28. The van der Waals surface area contributed by atoms with E-state index in [1.807, 2.05) is 13.8 Å². The molecule has 0 fully saturated rings. The molecule has 0 aliphatic carbocycles. The fourth-order valence-electron chi connectivity index (χ4n) is 1.70. The Bertz CT molecular complexity index is 395. The summed E-state index contributed by atoms with van der Waals surface area (Å²) in [4.78, 5) is 11.4. The number of carbonyl (C=O) groups excluding carboxylic acids is 1. The number of ether oxygens (including phenoxy) is 1. The molecule has 1 aromatic rings. The van der Waals surface area contributed by atoms with E-state index in [1.165, 1.54) is 6.07 Å². The third-order valence-electron chi connectivity index (χ3n) is 2.77. The molecule has 0 aromatic heterocycles. The van der Waals surface area contributed by atoms with Crippen LogP contribution in [0.3, 0.4) is 0 Å². The monoisotopic (exact) mass is 267 g/mol. The zero-order valence-electron chi connectivity index (χ0n) is 11.6. The second-order valence-electron chi connectivity index (χ2n) is 4.63. The number of unbranched alkanes of at least 4 members (excludes halogenated alkanes) is 1. The van der Waals surface area contributed by atoms with Crippen molar-refractivity contribution in [3.63, 3.8) is 0 Å². The molecule has 0 saturated heterocycles. The summed E-state index contributed by atoms with van der Waals surface area (Å²) in [7, 11) is 0. The van der Waals surface area contributed by atoms with E-state index >= 15 is 0 Å². The highest BCUT2D eigenvalue weighted by Crippen LogP contribution is 2.05. The molecule has 1 unspecified atom stereocenters. The molecule has 0 aliphatic rings. The molecular formula is C15H22FNO2. The first-order valence-electron chi connectivity index (χ1n) is 6.77. The Morgan fingerprint density at radius 1 is 1.42 bits per heavy atom. The van der Waals surface area contributed by atoms with Gasteiger partial charge in [-0.1, -0.05) is 31.5 Å². The maximum Gasteiger partial charge on any atom is 0.306 e. The van der Waals surface area contributed by atoms with Crippen molar-refractivity contribution in [1.82, 2.24) is 5.32 Å². The van der Waals surface area contributed by atoms with Crippen molar-refractivity contribution in [3.8, 4) is 0 Å². The highest BCUT2D eigenvalue weighted by atomic mass is 19.1. The molecule has 0 heterocycles. The summed E-state index contributed by atoms with van der Waals surface area (Å²) in [6.07, 6.45) is 2.10. The van der Waals surface area contributed by atoms with Gasteiger partial charge >= 0.3 is 5.97 Å². The number of rotatable bonds is 8. The van der Waals surface area contributed by atoms with Crippen LogP contribution in [0.2, 0.25) is 0 Å². The average Bonchev–Trinajstić information content (AvgIpc) is 2.38. The molecule has 4 heteroatoms. The van der Waals surface area contributed by atoms with Gasteiger partial charge in [0.15, 0.2) is 0 Å². The summed E-state index contributed by atoms with van der Waals surface area (Å²) in [6, 6.07) is 6.64. The number of benzene rings is 1. The van der Waals surface area contributed by atoms with Crippen LogP contribution in [0.1, 0.15) is 38.7 Å². The first kappa shape index (κ1) is 15.6. The molecular weight excluding hydrogens is 245 g/mol.